The van der Waals surface area contributed by atoms with Gasteiger partial charge in [-0.15, -0.1) is 11.3 Å². The minimum absolute atomic E-state index is 0.184. The average Bonchev–Trinajstić information content (AvgIpc) is 2.93. The average molecular weight is 332 g/mol. The third-order valence-corrected chi connectivity index (χ3v) is 4.95. The number of carboxylic acid groups (broad SMARTS) is 1. The quantitative estimate of drug-likeness (QED) is 0.687. The SMILES string of the molecule is O=C(O)[C@]1(O)C=C(/C=C/c2csc3ccccc23)[C@@H](O)[C@H](O)C1. The maximum atomic E-state index is 11.2. The Bertz CT molecular complexity index is 806. The van der Waals surface area contributed by atoms with Crippen molar-refractivity contribution in [1.29, 1.82) is 0 Å². The number of benzene rings is 1. The highest BCUT2D eigenvalue weighted by Crippen LogP contribution is 2.31. The first-order chi connectivity index (χ1) is 10.9. The fraction of sp³-hybridized carbons (Fsp3) is 0.235. The fourth-order valence-corrected chi connectivity index (χ4v) is 3.61. The van der Waals surface area contributed by atoms with E-state index >= 15 is 0 Å². The van der Waals surface area contributed by atoms with Crippen LogP contribution in [0.4, 0.5) is 0 Å². The number of rotatable bonds is 3. The lowest BCUT2D eigenvalue weighted by molar-refractivity contribution is -0.158. The van der Waals surface area contributed by atoms with Crippen molar-refractivity contribution in [2.24, 2.45) is 0 Å². The molecule has 0 saturated carbocycles. The van der Waals surface area contributed by atoms with Crippen molar-refractivity contribution in [3.63, 3.8) is 0 Å². The predicted octanol–water partition coefficient (Wildman–Crippen LogP) is 1.78. The molecule has 0 radical (unpaired) electrons. The van der Waals surface area contributed by atoms with Crippen molar-refractivity contribution in [3.05, 3.63) is 52.9 Å². The van der Waals surface area contributed by atoms with Crippen LogP contribution < -0.4 is 0 Å². The molecule has 0 unspecified atom stereocenters. The fourth-order valence-electron chi connectivity index (χ4n) is 2.68. The van der Waals surface area contributed by atoms with E-state index in [2.05, 4.69) is 0 Å². The standard InChI is InChI=1S/C17H16O5S/c18-13-8-17(22,16(20)21)7-10(15(13)19)5-6-11-9-23-14-4-2-1-3-12(11)14/h1-7,9,13,15,18-19,22H,8H2,(H,20,21)/b6-5+/t13-,15-,17+/m1/s1. The Morgan fingerprint density at radius 2 is 2.00 bits per heavy atom. The Morgan fingerprint density at radius 3 is 2.74 bits per heavy atom. The van der Waals surface area contributed by atoms with Crippen LogP contribution in [0.1, 0.15) is 12.0 Å². The lowest BCUT2D eigenvalue weighted by atomic mass is 9.82. The van der Waals surface area contributed by atoms with Crippen LogP contribution in [0.15, 0.2) is 47.4 Å². The second-order valence-corrected chi connectivity index (χ2v) is 6.52. The Balaban J connectivity index is 1.96. The number of aliphatic carboxylic acids is 1. The molecular formula is C17H16O5S. The number of fused-ring (bicyclic) bond motifs is 1. The topological polar surface area (TPSA) is 98.0 Å². The molecule has 0 aliphatic heterocycles. The molecule has 0 spiro atoms. The summed E-state index contributed by atoms with van der Waals surface area (Å²) in [5, 5.41) is 42.0. The number of aliphatic hydroxyl groups excluding tert-OH is 2. The van der Waals surface area contributed by atoms with Crippen molar-refractivity contribution >= 4 is 33.5 Å². The maximum absolute atomic E-state index is 11.2. The molecule has 1 aliphatic carbocycles. The van der Waals surface area contributed by atoms with Crippen molar-refractivity contribution in [1.82, 2.24) is 0 Å². The molecule has 1 aromatic carbocycles. The van der Waals surface area contributed by atoms with E-state index in [0.29, 0.717) is 0 Å². The summed E-state index contributed by atoms with van der Waals surface area (Å²) in [6, 6.07) is 7.84. The third kappa shape index (κ3) is 2.94. The van der Waals surface area contributed by atoms with E-state index in [1.165, 1.54) is 6.08 Å². The zero-order valence-corrected chi connectivity index (χ0v) is 12.9. The smallest absolute Gasteiger partial charge is 0.339 e. The first-order valence-electron chi connectivity index (χ1n) is 7.10. The van der Waals surface area contributed by atoms with Gasteiger partial charge in [-0.2, -0.15) is 0 Å². The highest BCUT2D eigenvalue weighted by Gasteiger charge is 2.43. The summed E-state index contributed by atoms with van der Waals surface area (Å²) in [5.41, 5.74) is -1.06. The molecule has 0 fully saturated rings. The van der Waals surface area contributed by atoms with E-state index < -0.39 is 30.2 Å². The molecule has 0 bridgehead atoms. The summed E-state index contributed by atoms with van der Waals surface area (Å²) >= 11 is 1.58. The van der Waals surface area contributed by atoms with Gasteiger partial charge in [0.2, 0.25) is 0 Å². The normalized spacial score (nSPS) is 28.2. The van der Waals surface area contributed by atoms with E-state index in [1.54, 1.807) is 17.4 Å². The molecule has 3 atom stereocenters. The van der Waals surface area contributed by atoms with Gasteiger partial charge in [0.05, 0.1) is 6.10 Å². The summed E-state index contributed by atoms with van der Waals surface area (Å²) in [6.45, 7) is 0. The summed E-state index contributed by atoms with van der Waals surface area (Å²) in [6.07, 6.45) is 1.37. The van der Waals surface area contributed by atoms with Gasteiger partial charge in [-0.25, -0.2) is 4.79 Å². The largest absolute Gasteiger partial charge is 0.479 e. The molecule has 3 rings (SSSR count). The van der Waals surface area contributed by atoms with Gasteiger partial charge in [-0.05, 0) is 34.0 Å². The summed E-state index contributed by atoms with van der Waals surface area (Å²) in [7, 11) is 0. The number of thiophene rings is 1. The van der Waals surface area contributed by atoms with Crippen LogP contribution in [-0.2, 0) is 4.79 Å². The molecule has 1 aliphatic rings. The van der Waals surface area contributed by atoms with Crippen LogP contribution in [0, 0.1) is 0 Å². The van der Waals surface area contributed by atoms with Gasteiger partial charge in [0.15, 0.2) is 5.60 Å². The number of hydrogen-bond donors (Lipinski definition) is 4. The molecule has 1 aromatic heterocycles. The van der Waals surface area contributed by atoms with E-state index in [0.717, 1.165) is 21.7 Å². The number of hydrogen-bond acceptors (Lipinski definition) is 5. The van der Waals surface area contributed by atoms with Crippen molar-refractivity contribution in [2.75, 3.05) is 0 Å². The minimum Gasteiger partial charge on any atom is -0.479 e. The summed E-state index contributed by atoms with van der Waals surface area (Å²) in [5.74, 6) is -1.45. The van der Waals surface area contributed by atoms with Crippen molar-refractivity contribution in [2.45, 2.75) is 24.2 Å². The van der Waals surface area contributed by atoms with Crippen LogP contribution in [0.2, 0.25) is 0 Å². The van der Waals surface area contributed by atoms with Crippen LogP contribution >= 0.6 is 11.3 Å². The van der Waals surface area contributed by atoms with Gasteiger partial charge in [0, 0.05) is 11.1 Å². The van der Waals surface area contributed by atoms with Crippen LogP contribution in [-0.4, -0.2) is 44.2 Å². The molecule has 4 N–H and O–H groups in total. The molecule has 1 heterocycles. The van der Waals surface area contributed by atoms with Crippen LogP contribution in [0.25, 0.3) is 16.2 Å². The Morgan fingerprint density at radius 1 is 1.26 bits per heavy atom. The highest BCUT2D eigenvalue weighted by molar-refractivity contribution is 7.17. The zero-order valence-electron chi connectivity index (χ0n) is 12.1. The second-order valence-electron chi connectivity index (χ2n) is 5.61. The zero-order chi connectivity index (χ0) is 16.6. The van der Waals surface area contributed by atoms with Gasteiger partial charge < -0.3 is 20.4 Å². The number of carboxylic acids is 1. The molecule has 5 nitrogen and oxygen atoms in total. The van der Waals surface area contributed by atoms with E-state index in [4.69, 9.17) is 5.11 Å². The lowest BCUT2D eigenvalue weighted by Crippen LogP contribution is -2.47. The van der Waals surface area contributed by atoms with E-state index in [-0.39, 0.29) is 5.57 Å². The van der Waals surface area contributed by atoms with Crippen molar-refractivity contribution in [3.8, 4) is 0 Å². The van der Waals surface area contributed by atoms with Gasteiger partial charge in [0.1, 0.15) is 6.10 Å². The van der Waals surface area contributed by atoms with Gasteiger partial charge >= 0.3 is 5.97 Å². The Labute approximate surface area is 136 Å². The number of carbonyl (C=O) groups is 1. The Hall–Kier alpha value is -1.99. The molecule has 6 heteroatoms. The summed E-state index contributed by atoms with van der Waals surface area (Å²) in [4.78, 5) is 11.2. The van der Waals surface area contributed by atoms with Crippen LogP contribution in [0.3, 0.4) is 0 Å². The van der Waals surface area contributed by atoms with E-state index in [1.807, 2.05) is 29.6 Å². The monoisotopic (exact) mass is 332 g/mol. The van der Waals surface area contributed by atoms with Gasteiger partial charge in [-0.3, -0.25) is 0 Å². The molecule has 23 heavy (non-hydrogen) atoms. The van der Waals surface area contributed by atoms with Crippen LogP contribution in [0.5, 0.6) is 0 Å². The highest BCUT2D eigenvalue weighted by atomic mass is 32.1. The first kappa shape index (κ1) is 15.9. The second kappa shape index (κ2) is 5.90. The Kier molecular flexibility index (Phi) is 4.08. The molecule has 120 valence electrons. The number of aliphatic hydroxyl groups is 3. The molecule has 0 amide bonds. The predicted molar refractivity (Wildman–Crippen MR) is 88.2 cm³/mol. The molecule has 2 aromatic rings. The molecule has 0 saturated heterocycles. The minimum atomic E-state index is -2.17. The maximum Gasteiger partial charge on any atom is 0.339 e. The van der Waals surface area contributed by atoms with E-state index in [9.17, 15) is 20.1 Å². The van der Waals surface area contributed by atoms with Gasteiger partial charge in [-0.1, -0.05) is 30.4 Å². The third-order valence-electron chi connectivity index (χ3n) is 3.97. The molecular weight excluding hydrogens is 316 g/mol. The first-order valence-corrected chi connectivity index (χ1v) is 7.98. The lowest BCUT2D eigenvalue weighted by Gasteiger charge is -2.32. The summed E-state index contributed by atoms with van der Waals surface area (Å²) < 4.78 is 1.12. The van der Waals surface area contributed by atoms with Crippen molar-refractivity contribution < 1.29 is 25.2 Å². The van der Waals surface area contributed by atoms with Gasteiger partial charge in [0.25, 0.3) is 0 Å².